The van der Waals surface area contributed by atoms with E-state index in [-0.39, 0.29) is 16.9 Å². The molecule has 0 atom stereocenters. The summed E-state index contributed by atoms with van der Waals surface area (Å²) in [6.07, 6.45) is 9.88. The van der Waals surface area contributed by atoms with Gasteiger partial charge in [-0.05, 0) is 62.6 Å². The van der Waals surface area contributed by atoms with E-state index in [0.717, 1.165) is 49.9 Å². The third-order valence-electron chi connectivity index (χ3n) is 7.04. The van der Waals surface area contributed by atoms with Gasteiger partial charge in [0.25, 0.3) is 15.9 Å². The van der Waals surface area contributed by atoms with Gasteiger partial charge in [0.15, 0.2) is 5.03 Å². The quantitative estimate of drug-likeness (QED) is 0.584. The fourth-order valence-electron chi connectivity index (χ4n) is 4.90. The zero-order chi connectivity index (χ0) is 23.2. The molecule has 0 aromatic carbocycles. The van der Waals surface area contributed by atoms with Gasteiger partial charge >= 0.3 is 0 Å². The Bertz CT molecular complexity index is 1260. The monoisotopic (exact) mass is 470 g/mol. The number of fused-ring (bicyclic) bond motifs is 1. The van der Waals surface area contributed by atoms with E-state index in [9.17, 15) is 13.2 Å². The Morgan fingerprint density at radius 2 is 1.82 bits per heavy atom. The van der Waals surface area contributed by atoms with E-state index in [0.29, 0.717) is 24.5 Å². The van der Waals surface area contributed by atoms with Gasteiger partial charge in [-0.2, -0.15) is 9.40 Å². The Morgan fingerprint density at radius 1 is 1.09 bits per heavy atom. The molecule has 176 valence electrons. The number of carbonyl (C=O) groups excluding carboxylic acids is 1. The highest BCUT2D eigenvalue weighted by Crippen LogP contribution is 2.32. The smallest absolute Gasteiger partial charge is 0.262 e. The number of pyridine rings is 1. The highest BCUT2D eigenvalue weighted by atomic mass is 32.2. The van der Waals surface area contributed by atoms with Crippen LogP contribution >= 0.6 is 0 Å². The molecule has 0 aliphatic carbocycles. The second-order valence-corrected chi connectivity index (χ2v) is 11.0. The van der Waals surface area contributed by atoms with Gasteiger partial charge in [0, 0.05) is 45.6 Å². The standard InChI is InChI=1S/C23H30N6O3S/c1-17-25-22(16-26(17)2)33(31,32)28-11-6-18(7-12-28)19-8-13-29-21(14-19)20(15-24-29)23(30)27-9-4-3-5-10-27/h8,13-16,18H,3-7,9-12H2,1-2H3. The molecule has 0 radical (unpaired) electrons. The zero-order valence-corrected chi connectivity index (χ0v) is 20.0. The molecule has 3 aromatic rings. The lowest BCUT2D eigenvalue weighted by atomic mass is 9.90. The molecule has 2 aliphatic rings. The van der Waals surface area contributed by atoms with Crippen LogP contribution in [0.5, 0.6) is 0 Å². The Labute approximate surface area is 194 Å². The van der Waals surface area contributed by atoms with Crippen LogP contribution in [0.2, 0.25) is 0 Å². The molecule has 0 bridgehead atoms. The van der Waals surface area contributed by atoms with Crippen molar-refractivity contribution in [3.63, 3.8) is 0 Å². The van der Waals surface area contributed by atoms with E-state index in [1.165, 1.54) is 10.7 Å². The fourth-order valence-corrected chi connectivity index (χ4v) is 6.39. The summed E-state index contributed by atoms with van der Waals surface area (Å²) in [5, 5.41) is 4.49. The van der Waals surface area contributed by atoms with E-state index in [4.69, 9.17) is 0 Å². The minimum absolute atomic E-state index is 0.0495. The van der Waals surface area contributed by atoms with E-state index >= 15 is 0 Å². The summed E-state index contributed by atoms with van der Waals surface area (Å²) in [6, 6.07) is 4.09. The van der Waals surface area contributed by atoms with Crippen molar-refractivity contribution in [2.75, 3.05) is 26.2 Å². The molecule has 10 heteroatoms. The third-order valence-corrected chi connectivity index (χ3v) is 8.81. The predicted molar refractivity (Wildman–Crippen MR) is 124 cm³/mol. The SMILES string of the molecule is Cc1nc(S(=O)(=O)N2CCC(c3ccn4ncc(C(=O)N5CCCCC5)c4c3)CC2)cn1C. The summed E-state index contributed by atoms with van der Waals surface area (Å²) in [4.78, 5) is 19.2. The van der Waals surface area contributed by atoms with Gasteiger partial charge in [-0.1, -0.05) is 0 Å². The number of rotatable bonds is 4. The maximum atomic E-state index is 13.1. The van der Waals surface area contributed by atoms with Crippen molar-refractivity contribution in [1.29, 1.82) is 0 Å². The molecule has 1 amide bonds. The summed E-state index contributed by atoms with van der Waals surface area (Å²) in [7, 11) is -1.79. The summed E-state index contributed by atoms with van der Waals surface area (Å²) in [5.41, 5.74) is 2.59. The highest BCUT2D eigenvalue weighted by molar-refractivity contribution is 7.89. The van der Waals surface area contributed by atoms with Gasteiger partial charge in [-0.15, -0.1) is 0 Å². The molecule has 0 unspecified atom stereocenters. The average molecular weight is 471 g/mol. The fraction of sp³-hybridized carbons (Fsp3) is 0.522. The van der Waals surface area contributed by atoms with Gasteiger partial charge < -0.3 is 9.47 Å². The normalized spacial score (nSPS) is 18.8. The van der Waals surface area contributed by atoms with Gasteiger partial charge in [0.05, 0.1) is 17.3 Å². The number of carbonyl (C=O) groups is 1. The number of sulfonamides is 1. The number of nitrogens with zero attached hydrogens (tertiary/aromatic N) is 6. The van der Waals surface area contributed by atoms with Crippen molar-refractivity contribution >= 4 is 21.4 Å². The molecule has 2 fully saturated rings. The van der Waals surface area contributed by atoms with Gasteiger partial charge in [0.2, 0.25) is 0 Å². The number of hydrogen-bond acceptors (Lipinski definition) is 5. The summed E-state index contributed by atoms with van der Waals surface area (Å²) < 4.78 is 31.0. The van der Waals surface area contributed by atoms with Gasteiger partial charge in [0.1, 0.15) is 5.82 Å². The Kier molecular flexibility index (Phi) is 5.74. The summed E-state index contributed by atoms with van der Waals surface area (Å²) in [5.74, 6) is 0.959. The van der Waals surface area contributed by atoms with E-state index in [1.54, 1.807) is 35.4 Å². The Morgan fingerprint density at radius 3 is 2.48 bits per heavy atom. The highest BCUT2D eigenvalue weighted by Gasteiger charge is 2.32. The maximum Gasteiger partial charge on any atom is 0.262 e. The van der Waals surface area contributed by atoms with Crippen molar-refractivity contribution in [1.82, 2.24) is 28.4 Å². The van der Waals surface area contributed by atoms with Crippen LogP contribution in [0.15, 0.2) is 35.7 Å². The number of hydrogen-bond donors (Lipinski definition) is 0. The molecule has 0 spiro atoms. The minimum atomic E-state index is -3.59. The van der Waals surface area contributed by atoms with E-state index in [2.05, 4.69) is 16.1 Å². The molecule has 33 heavy (non-hydrogen) atoms. The van der Waals surface area contributed by atoms with Crippen molar-refractivity contribution in [3.05, 3.63) is 47.7 Å². The molecule has 2 saturated heterocycles. The second kappa shape index (κ2) is 8.57. The van der Waals surface area contributed by atoms with Crippen LogP contribution in [0.3, 0.4) is 0 Å². The molecular weight excluding hydrogens is 440 g/mol. The Hall–Kier alpha value is -2.72. The molecule has 9 nitrogen and oxygen atoms in total. The average Bonchev–Trinajstić information content (AvgIpc) is 3.42. The Balaban J connectivity index is 1.33. The summed E-state index contributed by atoms with van der Waals surface area (Å²) in [6.45, 7) is 4.30. The molecule has 5 heterocycles. The molecule has 2 aliphatic heterocycles. The van der Waals surface area contributed by atoms with Crippen molar-refractivity contribution in [2.45, 2.75) is 50.0 Å². The van der Waals surface area contributed by atoms with Gasteiger partial charge in [-0.25, -0.2) is 17.9 Å². The van der Waals surface area contributed by atoms with Crippen LogP contribution < -0.4 is 0 Å². The number of amides is 1. The van der Waals surface area contributed by atoms with Crippen LogP contribution in [0, 0.1) is 6.92 Å². The molecule has 0 saturated carbocycles. The largest absolute Gasteiger partial charge is 0.339 e. The lowest BCUT2D eigenvalue weighted by molar-refractivity contribution is 0.0726. The lowest BCUT2D eigenvalue weighted by Gasteiger charge is -2.31. The number of likely N-dealkylation sites (tertiary alicyclic amines) is 1. The van der Waals surface area contributed by atoms with E-state index in [1.807, 2.05) is 17.2 Å². The second-order valence-electron chi connectivity index (χ2n) is 9.12. The van der Waals surface area contributed by atoms with Crippen molar-refractivity contribution < 1.29 is 13.2 Å². The third kappa shape index (κ3) is 4.06. The maximum absolute atomic E-state index is 13.1. The molecular formula is C23H30N6O3S. The van der Waals surface area contributed by atoms with Crippen LogP contribution in [-0.2, 0) is 17.1 Å². The number of piperidine rings is 2. The summed E-state index contributed by atoms with van der Waals surface area (Å²) >= 11 is 0. The van der Waals surface area contributed by atoms with Crippen LogP contribution in [0.4, 0.5) is 0 Å². The first-order valence-corrected chi connectivity index (χ1v) is 13.1. The zero-order valence-electron chi connectivity index (χ0n) is 19.1. The van der Waals surface area contributed by atoms with E-state index < -0.39 is 10.0 Å². The lowest BCUT2D eigenvalue weighted by Crippen LogP contribution is -2.38. The van der Waals surface area contributed by atoms with Crippen LogP contribution in [0.25, 0.3) is 5.52 Å². The van der Waals surface area contributed by atoms with Crippen LogP contribution in [0.1, 0.15) is 59.8 Å². The first-order valence-electron chi connectivity index (χ1n) is 11.6. The van der Waals surface area contributed by atoms with Gasteiger partial charge in [-0.3, -0.25) is 4.79 Å². The molecule has 0 N–H and O–H groups in total. The first kappa shape index (κ1) is 22.1. The number of aromatic nitrogens is 4. The number of imidazole rings is 1. The first-order chi connectivity index (χ1) is 15.8. The predicted octanol–water partition coefficient (Wildman–Crippen LogP) is 2.57. The minimum Gasteiger partial charge on any atom is -0.339 e. The van der Waals surface area contributed by atoms with Crippen molar-refractivity contribution in [3.8, 4) is 0 Å². The van der Waals surface area contributed by atoms with Crippen LogP contribution in [-0.4, -0.2) is 68.9 Å². The molecule has 5 rings (SSSR count). The topological polar surface area (TPSA) is 92.8 Å². The number of aryl methyl sites for hydroxylation is 2. The molecule has 3 aromatic heterocycles. The van der Waals surface area contributed by atoms with Crippen molar-refractivity contribution in [2.24, 2.45) is 7.05 Å².